The second-order valence-electron chi connectivity index (χ2n) is 4.37. The van der Waals surface area contributed by atoms with Gasteiger partial charge in [0.25, 0.3) is 0 Å². The molecule has 2 aromatic rings. The first-order chi connectivity index (χ1) is 10.6. The molecule has 0 radical (unpaired) electrons. The minimum atomic E-state index is -0.981. The molecule has 6 nitrogen and oxygen atoms in total. The Kier molecular flexibility index (Phi) is 5.37. The largest absolute Gasteiger partial charge is 0.458 e. The van der Waals surface area contributed by atoms with E-state index in [2.05, 4.69) is 10.2 Å². The number of nitrogens with zero attached hydrogens (tertiary/aromatic N) is 2. The van der Waals surface area contributed by atoms with Crippen molar-refractivity contribution in [2.75, 3.05) is 0 Å². The molecule has 0 atom stereocenters. The summed E-state index contributed by atoms with van der Waals surface area (Å²) in [4.78, 5) is 22.8. The fourth-order valence-electron chi connectivity index (χ4n) is 1.62. The summed E-state index contributed by atoms with van der Waals surface area (Å²) in [5.74, 6) is 0.365. The van der Waals surface area contributed by atoms with Crippen LogP contribution in [0, 0.1) is 6.92 Å². The minimum absolute atomic E-state index is 0.0610. The van der Waals surface area contributed by atoms with Crippen LogP contribution in [-0.2, 0) is 11.3 Å². The van der Waals surface area contributed by atoms with Gasteiger partial charge in [0.15, 0.2) is 0 Å². The first-order valence-corrected chi connectivity index (χ1v) is 6.55. The zero-order valence-corrected chi connectivity index (χ0v) is 11.9. The summed E-state index contributed by atoms with van der Waals surface area (Å²) in [5.41, 5.74) is 1.59. The maximum absolute atomic E-state index is 11.5. The van der Waals surface area contributed by atoms with Crippen LogP contribution >= 0.6 is 0 Å². The van der Waals surface area contributed by atoms with E-state index in [0.29, 0.717) is 5.75 Å². The van der Waals surface area contributed by atoms with Gasteiger partial charge in [0.2, 0.25) is 0 Å². The monoisotopic (exact) mass is 298 g/mol. The lowest BCUT2D eigenvalue weighted by molar-refractivity contribution is 0.148. The van der Waals surface area contributed by atoms with Gasteiger partial charge in [-0.05, 0) is 24.1 Å². The maximum atomic E-state index is 11.5. The van der Waals surface area contributed by atoms with Crippen molar-refractivity contribution >= 4 is 12.2 Å². The molecule has 0 spiro atoms. The van der Waals surface area contributed by atoms with E-state index < -0.39 is 12.2 Å². The number of ether oxygens (including phenoxy) is 2. The van der Waals surface area contributed by atoms with Gasteiger partial charge >= 0.3 is 12.2 Å². The van der Waals surface area contributed by atoms with Crippen LogP contribution in [0.25, 0.3) is 0 Å². The Balaban J connectivity index is 1.82. The fraction of sp³-hybridized carbons (Fsp3) is 0.125. The highest BCUT2D eigenvalue weighted by Crippen LogP contribution is 2.16. The molecule has 0 saturated heterocycles. The zero-order chi connectivity index (χ0) is 15.8. The van der Waals surface area contributed by atoms with Gasteiger partial charge in [0.05, 0.1) is 0 Å². The summed E-state index contributed by atoms with van der Waals surface area (Å²) in [6, 6.07) is 16.1. The molecule has 0 aromatic heterocycles. The molecule has 2 amide bonds. The van der Waals surface area contributed by atoms with Gasteiger partial charge in [-0.1, -0.05) is 58.8 Å². The second kappa shape index (κ2) is 7.68. The van der Waals surface area contributed by atoms with Crippen LogP contribution in [0.5, 0.6) is 5.75 Å². The van der Waals surface area contributed by atoms with Gasteiger partial charge in [-0.2, -0.15) is 0 Å². The molecule has 6 heteroatoms. The van der Waals surface area contributed by atoms with Crippen molar-refractivity contribution in [3.8, 4) is 5.75 Å². The number of benzene rings is 2. The Labute approximate surface area is 127 Å². The molecule has 0 N–H and O–H groups in total. The van der Waals surface area contributed by atoms with Gasteiger partial charge in [0, 0.05) is 0 Å². The maximum Gasteiger partial charge on any atom is 0.458 e. The van der Waals surface area contributed by atoms with Crippen LogP contribution < -0.4 is 4.74 Å². The molecular formula is C16H14N2O4. The normalized spacial score (nSPS) is 10.4. The topological polar surface area (TPSA) is 77.3 Å². The molecule has 22 heavy (non-hydrogen) atoms. The van der Waals surface area contributed by atoms with E-state index in [1.54, 1.807) is 37.3 Å². The van der Waals surface area contributed by atoms with Gasteiger partial charge in [-0.25, -0.2) is 9.59 Å². The van der Waals surface area contributed by atoms with Crippen molar-refractivity contribution in [3.63, 3.8) is 0 Å². The molecule has 112 valence electrons. The number of azo groups is 1. The molecule has 0 aliphatic heterocycles. The van der Waals surface area contributed by atoms with Gasteiger partial charge in [-0.3, -0.25) is 0 Å². The number of carbonyl (C=O) groups excluding carboxylic acids is 2. The highest BCUT2D eigenvalue weighted by molar-refractivity contribution is 5.75. The molecule has 0 fully saturated rings. The molecule has 2 aromatic carbocycles. The van der Waals surface area contributed by atoms with E-state index in [9.17, 15) is 9.59 Å². The number of hydrogen-bond acceptors (Lipinski definition) is 4. The summed E-state index contributed by atoms with van der Waals surface area (Å²) in [7, 11) is 0. The Morgan fingerprint density at radius 2 is 1.55 bits per heavy atom. The summed E-state index contributed by atoms with van der Waals surface area (Å²) in [6.45, 7) is 1.85. The van der Waals surface area contributed by atoms with Crippen molar-refractivity contribution in [1.29, 1.82) is 0 Å². The van der Waals surface area contributed by atoms with Crippen LogP contribution in [0.3, 0.4) is 0 Å². The molecular weight excluding hydrogens is 284 g/mol. The highest BCUT2D eigenvalue weighted by Gasteiger charge is 2.07. The van der Waals surface area contributed by atoms with Crippen molar-refractivity contribution in [2.45, 2.75) is 13.5 Å². The minimum Gasteiger partial charge on any atom is -0.442 e. The smallest absolute Gasteiger partial charge is 0.442 e. The third-order valence-electron chi connectivity index (χ3n) is 2.71. The SMILES string of the molecule is Cc1ccccc1OC(=O)/N=N/C(=O)OCc1ccccc1. The van der Waals surface area contributed by atoms with Gasteiger partial charge in [0.1, 0.15) is 12.4 Å². The predicted octanol–water partition coefficient (Wildman–Crippen LogP) is 4.28. The zero-order valence-electron chi connectivity index (χ0n) is 11.9. The predicted molar refractivity (Wildman–Crippen MR) is 78.7 cm³/mol. The molecule has 0 bridgehead atoms. The van der Waals surface area contributed by atoms with E-state index in [0.717, 1.165) is 11.1 Å². The van der Waals surface area contributed by atoms with Crippen LogP contribution in [0.1, 0.15) is 11.1 Å². The van der Waals surface area contributed by atoms with Crippen LogP contribution in [-0.4, -0.2) is 12.2 Å². The highest BCUT2D eigenvalue weighted by atomic mass is 16.6. The van der Waals surface area contributed by atoms with Crippen molar-refractivity contribution in [2.24, 2.45) is 10.2 Å². The van der Waals surface area contributed by atoms with Gasteiger partial charge < -0.3 is 9.47 Å². The Morgan fingerprint density at radius 1 is 0.909 bits per heavy atom. The molecule has 0 heterocycles. The fourth-order valence-corrected chi connectivity index (χ4v) is 1.62. The molecule has 0 unspecified atom stereocenters. The lowest BCUT2D eigenvalue weighted by atomic mass is 10.2. The van der Waals surface area contributed by atoms with E-state index in [1.165, 1.54) is 0 Å². The third-order valence-corrected chi connectivity index (χ3v) is 2.71. The summed E-state index contributed by atoms with van der Waals surface area (Å²) in [6.07, 6.45) is -1.93. The van der Waals surface area contributed by atoms with Crippen molar-refractivity contribution in [1.82, 2.24) is 0 Å². The standard InChI is InChI=1S/C16H14N2O4/c1-12-7-5-6-10-14(12)22-16(20)18-17-15(19)21-11-13-8-3-2-4-9-13/h2-10H,11H2,1H3/b18-17+. The Morgan fingerprint density at radius 3 is 2.27 bits per heavy atom. The van der Waals surface area contributed by atoms with E-state index in [1.807, 2.05) is 24.3 Å². The number of para-hydroxylation sites is 1. The third kappa shape index (κ3) is 4.82. The summed E-state index contributed by atoms with van der Waals surface area (Å²) < 4.78 is 9.80. The summed E-state index contributed by atoms with van der Waals surface area (Å²) in [5, 5.41) is 6.32. The number of amides is 2. The first kappa shape index (κ1) is 15.4. The Hall–Kier alpha value is -3.02. The van der Waals surface area contributed by atoms with Crippen LogP contribution in [0.2, 0.25) is 0 Å². The molecule has 0 aliphatic carbocycles. The number of aryl methyl sites for hydroxylation is 1. The van der Waals surface area contributed by atoms with Crippen LogP contribution in [0.4, 0.5) is 9.59 Å². The first-order valence-electron chi connectivity index (χ1n) is 6.55. The average molecular weight is 298 g/mol. The van der Waals surface area contributed by atoms with E-state index in [-0.39, 0.29) is 6.61 Å². The van der Waals surface area contributed by atoms with E-state index >= 15 is 0 Å². The number of rotatable bonds is 3. The Bertz CT molecular complexity index is 684. The van der Waals surface area contributed by atoms with Crippen LogP contribution in [0.15, 0.2) is 64.8 Å². The lowest BCUT2D eigenvalue weighted by Gasteiger charge is -2.03. The average Bonchev–Trinajstić information content (AvgIpc) is 2.54. The van der Waals surface area contributed by atoms with Crippen molar-refractivity contribution < 1.29 is 19.1 Å². The van der Waals surface area contributed by atoms with E-state index in [4.69, 9.17) is 9.47 Å². The number of carbonyl (C=O) groups is 2. The lowest BCUT2D eigenvalue weighted by Crippen LogP contribution is -2.04. The number of hydrogen-bond donors (Lipinski definition) is 0. The quantitative estimate of drug-likeness (QED) is 0.792. The van der Waals surface area contributed by atoms with Crippen molar-refractivity contribution in [3.05, 3.63) is 65.7 Å². The summed E-state index contributed by atoms with van der Waals surface area (Å²) >= 11 is 0. The second-order valence-corrected chi connectivity index (χ2v) is 4.37. The molecule has 0 saturated carbocycles. The molecule has 2 rings (SSSR count). The van der Waals surface area contributed by atoms with Gasteiger partial charge in [-0.15, -0.1) is 0 Å². The molecule has 0 aliphatic rings.